The molecule has 0 N–H and O–H groups in total. The number of rotatable bonds is 1. The predicted octanol–water partition coefficient (Wildman–Crippen LogP) is 2.01. The maximum atomic E-state index is 4.51. The van der Waals surface area contributed by atoms with E-state index in [0.29, 0.717) is 0 Å². The number of aryl methyl sites for hydroxylation is 1. The van der Waals surface area contributed by atoms with Crippen LogP contribution in [0.4, 0.5) is 0 Å². The number of fused-ring (bicyclic) bond motifs is 1. The van der Waals surface area contributed by atoms with Crippen LogP contribution in [0.25, 0.3) is 5.65 Å². The Hall–Kier alpha value is -1.44. The number of hydrogen-bond acceptors (Lipinski definition) is 1. The van der Waals surface area contributed by atoms with Crippen LogP contribution in [0.3, 0.4) is 0 Å². The molecule has 0 spiro atoms. The first-order valence-electron chi connectivity index (χ1n) is 5.12. The molecule has 0 aromatic carbocycles. The third-order valence-electron chi connectivity index (χ3n) is 2.76. The van der Waals surface area contributed by atoms with Crippen molar-refractivity contribution in [2.24, 2.45) is 0 Å². The van der Waals surface area contributed by atoms with Crippen LogP contribution in [0.2, 0.25) is 0 Å². The molecule has 3 rings (SSSR count). The third-order valence-corrected chi connectivity index (χ3v) is 2.76. The van der Waals surface area contributed by atoms with Gasteiger partial charge in [0.15, 0.2) is 5.69 Å². The van der Waals surface area contributed by atoms with Crippen LogP contribution in [-0.4, -0.2) is 4.98 Å². The maximum absolute atomic E-state index is 4.51. The lowest BCUT2D eigenvalue weighted by atomic mass is 10.2. The van der Waals surface area contributed by atoms with E-state index in [-0.39, 0.29) is 0 Å². The molecule has 2 nitrogen and oxygen atoms in total. The van der Waals surface area contributed by atoms with Gasteiger partial charge in [0.1, 0.15) is 5.69 Å². The maximum Gasteiger partial charge on any atom is 0.328 e. The van der Waals surface area contributed by atoms with Crippen LogP contribution in [0.1, 0.15) is 30.1 Å². The average Bonchev–Trinajstić information content (AvgIpc) is 2.99. The summed E-state index contributed by atoms with van der Waals surface area (Å²) in [7, 11) is 0. The zero-order chi connectivity index (χ0) is 9.54. The van der Waals surface area contributed by atoms with E-state index >= 15 is 0 Å². The van der Waals surface area contributed by atoms with Crippen molar-refractivity contribution < 1.29 is 4.40 Å². The van der Waals surface area contributed by atoms with Gasteiger partial charge in [-0.1, -0.05) is 6.07 Å². The molecule has 0 radical (unpaired) electrons. The Morgan fingerprint density at radius 3 is 3.00 bits per heavy atom. The molecular formula is C12H13N2+. The summed E-state index contributed by atoms with van der Waals surface area (Å²) < 4.78 is 2.21. The van der Waals surface area contributed by atoms with Gasteiger partial charge in [-0.3, -0.25) is 0 Å². The summed E-state index contributed by atoms with van der Waals surface area (Å²) >= 11 is 0. The minimum absolute atomic E-state index is 0.770. The lowest BCUT2D eigenvalue weighted by molar-refractivity contribution is -0.524. The van der Waals surface area contributed by atoms with Gasteiger partial charge in [-0.15, -0.1) is 0 Å². The topological polar surface area (TPSA) is 17.0 Å². The van der Waals surface area contributed by atoms with Gasteiger partial charge in [0.2, 0.25) is 0 Å². The van der Waals surface area contributed by atoms with Crippen LogP contribution >= 0.6 is 0 Å². The number of pyridine rings is 1. The van der Waals surface area contributed by atoms with Crippen molar-refractivity contribution in [2.75, 3.05) is 0 Å². The van der Waals surface area contributed by atoms with Crippen molar-refractivity contribution in [3.63, 3.8) is 0 Å². The first-order chi connectivity index (χ1) is 6.84. The number of hydrogen-bond donors (Lipinski definition) is 0. The average molecular weight is 185 g/mol. The molecule has 0 unspecified atom stereocenters. The summed E-state index contributed by atoms with van der Waals surface area (Å²) in [5.74, 6) is 0.770. The molecule has 1 fully saturated rings. The van der Waals surface area contributed by atoms with E-state index < -0.39 is 0 Å². The van der Waals surface area contributed by atoms with Crippen LogP contribution in [0.5, 0.6) is 0 Å². The Kier molecular flexibility index (Phi) is 1.57. The summed E-state index contributed by atoms with van der Waals surface area (Å²) in [6.45, 7) is 2.07. The molecule has 2 heterocycles. The summed E-state index contributed by atoms with van der Waals surface area (Å²) in [4.78, 5) is 4.51. The van der Waals surface area contributed by atoms with Crippen molar-refractivity contribution in [1.29, 1.82) is 0 Å². The highest BCUT2D eigenvalue weighted by atomic mass is 15.0. The van der Waals surface area contributed by atoms with Gasteiger partial charge >= 0.3 is 5.65 Å². The van der Waals surface area contributed by atoms with Gasteiger partial charge in [0, 0.05) is 25.0 Å². The summed E-state index contributed by atoms with van der Waals surface area (Å²) in [5.41, 5.74) is 3.61. The lowest BCUT2D eigenvalue weighted by Gasteiger charge is -1.99. The zero-order valence-corrected chi connectivity index (χ0v) is 8.27. The quantitative estimate of drug-likeness (QED) is 0.621. The van der Waals surface area contributed by atoms with Crippen LogP contribution in [0.15, 0.2) is 30.5 Å². The Labute approximate surface area is 83.2 Å². The van der Waals surface area contributed by atoms with E-state index in [9.17, 15) is 0 Å². The van der Waals surface area contributed by atoms with Crippen molar-refractivity contribution in [3.05, 3.63) is 41.9 Å². The zero-order valence-electron chi connectivity index (χ0n) is 8.27. The fourth-order valence-electron chi connectivity index (χ4n) is 1.93. The molecular weight excluding hydrogens is 172 g/mol. The van der Waals surface area contributed by atoms with E-state index in [1.807, 2.05) is 6.07 Å². The second kappa shape index (κ2) is 2.77. The summed E-state index contributed by atoms with van der Waals surface area (Å²) in [6.07, 6.45) is 4.77. The molecule has 1 aliphatic carbocycles. The van der Waals surface area contributed by atoms with Gasteiger partial charge in [-0.05, 0) is 23.9 Å². The highest BCUT2D eigenvalue weighted by Gasteiger charge is 2.29. The Morgan fingerprint density at radius 1 is 1.36 bits per heavy atom. The second-order valence-corrected chi connectivity index (χ2v) is 4.03. The normalized spacial score (nSPS) is 16.1. The molecule has 2 aromatic heterocycles. The fraction of sp³-hybridized carbons (Fsp3) is 0.333. The minimum atomic E-state index is 0.770. The van der Waals surface area contributed by atoms with Crippen molar-refractivity contribution in [3.8, 4) is 0 Å². The van der Waals surface area contributed by atoms with Crippen molar-refractivity contribution in [1.82, 2.24) is 4.98 Å². The monoisotopic (exact) mass is 185 g/mol. The molecule has 2 heteroatoms. The van der Waals surface area contributed by atoms with Crippen LogP contribution < -0.4 is 4.40 Å². The molecule has 0 aliphatic heterocycles. The highest BCUT2D eigenvalue weighted by molar-refractivity contribution is 5.31. The van der Waals surface area contributed by atoms with E-state index in [1.165, 1.54) is 18.5 Å². The van der Waals surface area contributed by atoms with Gasteiger partial charge in [-0.25, -0.2) is 4.40 Å². The number of nitrogens with zero attached hydrogens (tertiary/aromatic N) is 2. The minimum Gasteiger partial charge on any atom is -0.200 e. The molecule has 1 saturated carbocycles. The van der Waals surface area contributed by atoms with E-state index in [1.54, 1.807) is 0 Å². The molecule has 0 atom stereocenters. The Balaban J connectivity index is 2.34. The van der Waals surface area contributed by atoms with Gasteiger partial charge in [0.05, 0.1) is 6.20 Å². The molecule has 70 valence electrons. The third kappa shape index (κ3) is 1.18. The van der Waals surface area contributed by atoms with Crippen molar-refractivity contribution >= 4 is 5.65 Å². The Bertz CT molecular complexity index is 487. The van der Waals surface area contributed by atoms with E-state index in [0.717, 1.165) is 17.3 Å². The molecule has 2 aromatic rings. The lowest BCUT2D eigenvalue weighted by Crippen LogP contribution is -2.28. The Morgan fingerprint density at radius 2 is 2.21 bits per heavy atom. The smallest absolute Gasteiger partial charge is 0.200 e. The fourth-order valence-corrected chi connectivity index (χ4v) is 1.93. The molecule has 0 saturated heterocycles. The highest BCUT2D eigenvalue weighted by Crippen LogP contribution is 2.38. The summed E-state index contributed by atoms with van der Waals surface area (Å²) in [5, 5.41) is 0. The van der Waals surface area contributed by atoms with Crippen LogP contribution in [-0.2, 0) is 0 Å². The molecule has 0 amide bonds. The van der Waals surface area contributed by atoms with Crippen molar-refractivity contribution in [2.45, 2.75) is 25.7 Å². The van der Waals surface area contributed by atoms with E-state index in [4.69, 9.17) is 0 Å². The first-order valence-corrected chi connectivity index (χ1v) is 5.12. The molecule has 14 heavy (non-hydrogen) atoms. The number of aromatic nitrogens is 2. The predicted molar refractivity (Wildman–Crippen MR) is 54.1 cm³/mol. The summed E-state index contributed by atoms with van der Waals surface area (Å²) in [6, 6.07) is 8.39. The molecule has 1 aliphatic rings. The SMILES string of the molecule is Cc1cc(C2CC2)[n+]2ccccc2n1. The second-order valence-electron chi connectivity index (χ2n) is 4.03. The molecule has 0 bridgehead atoms. The largest absolute Gasteiger partial charge is 0.328 e. The van der Waals surface area contributed by atoms with Crippen LogP contribution in [0, 0.1) is 6.92 Å². The van der Waals surface area contributed by atoms with Gasteiger partial charge in [0.25, 0.3) is 0 Å². The standard InChI is InChI=1S/C12H13N2/c1-9-8-11(10-5-6-10)14-7-3-2-4-12(14)13-9/h2-4,7-8,10H,5-6H2,1H3/q+1. The van der Waals surface area contributed by atoms with E-state index in [2.05, 4.69) is 40.7 Å². The first kappa shape index (κ1) is 7.92. The van der Waals surface area contributed by atoms with Gasteiger partial charge in [-0.2, -0.15) is 0 Å². The van der Waals surface area contributed by atoms with Gasteiger partial charge < -0.3 is 0 Å².